The summed E-state index contributed by atoms with van der Waals surface area (Å²) in [6.07, 6.45) is 5.44. The molecule has 3 aromatic heterocycles. The number of thiazole rings is 1. The topological polar surface area (TPSA) is 57.0 Å². The lowest BCUT2D eigenvalue weighted by Crippen LogP contribution is -2.24. The van der Waals surface area contributed by atoms with E-state index in [9.17, 15) is 4.79 Å². The van der Waals surface area contributed by atoms with Crippen LogP contribution in [0.3, 0.4) is 0 Å². The van der Waals surface area contributed by atoms with Crippen LogP contribution in [-0.4, -0.2) is 14.5 Å². The predicted octanol–water partition coefficient (Wildman–Crippen LogP) is 4.87. The first-order chi connectivity index (χ1) is 14.7. The van der Waals surface area contributed by atoms with E-state index in [1.54, 1.807) is 6.20 Å². The van der Waals surface area contributed by atoms with E-state index in [2.05, 4.69) is 9.97 Å². The van der Waals surface area contributed by atoms with E-state index < -0.39 is 0 Å². The fraction of sp³-hybridized carbons (Fsp3) is 0.208. The molecule has 0 bridgehead atoms. The summed E-state index contributed by atoms with van der Waals surface area (Å²) in [5.41, 5.74) is 5.57. The number of hydrogen-bond donors (Lipinski definition) is 0. The van der Waals surface area contributed by atoms with Gasteiger partial charge in [-0.2, -0.15) is 0 Å². The molecule has 0 radical (unpaired) electrons. The molecule has 0 saturated carbocycles. The van der Waals surface area contributed by atoms with Crippen LogP contribution in [-0.2, 0) is 19.6 Å². The zero-order chi connectivity index (χ0) is 20.5. The van der Waals surface area contributed by atoms with E-state index in [1.165, 1.54) is 11.3 Å². The van der Waals surface area contributed by atoms with Crippen molar-refractivity contribution in [3.8, 4) is 27.6 Å². The molecule has 0 saturated heterocycles. The number of aryl methyl sites for hydroxylation is 2. The van der Waals surface area contributed by atoms with E-state index in [1.807, 2.05) is 65.5 Å². The van der Waals surface area contributed by atoms with Gasteiger partial charge in [0.1, 0.15) is 17.4 Å². The number of benzene rings is 1. The standard InChI is InChI=1S/C24H21N3O2S/c1-16-15-30-23(26-16)20-12-21(29-14-17-6-3-2-4-7-17)22-19-9-10-25-13-18(19)8-5-11-27(22)24(20)28/h2-4,6-7,9-10,12-13,15H,5,8,11,14H2,1H3. The average Bonchev–Trinajstić information content (AvgIpc) is 3.10. The van der Waals surface area contributed by atoms with Crippen molar-refractivity contribution in [3.05, 3.63) is 87.4 Å². The number of fused-ring (bicyclic) bond motifs is 3. The molecule has 0 fully saturated rings. The van der Waals surface area contributed by atoms with Gasteiger partial charge in [-0.3, -0.25) is 9.78 Å². The Morgan fingerprint density at radius 3 is 2.83 bits per heavy atom. The molecule has 0 unspecified atom stereocenters. The summed E-state index contributed by atoms with van der Waals surface area (Å²) in [5, 5.41) is 2.70. The number of ether oxygens (including phenoxy) is 1. The molecule has 4 aromatic rings. The molecule has 5 rings (SSSR count). The summed E-state index contributed by atoms with van der Waals surface area (Å²) < 4.78 is 8.18. The second-order valence-corrected chi connectivity index (χ2v) is 8.29. The Bertz CT molecular complexity index is 1260. The molecule has 6 heteroatoms. The monoisotopic (exact) mass is 415 g/mol. The summed E-state index contributed by atoms with van der Waals surface area (Å²) in [7, 11) is 0. The van der Waals surface area contributed by atoms with Gasteiger partial charge in [0.05, 0.1) is 11.3 Å². The first-order valence-corrected chi connectivity index (χ1v) is 10.9. The molecule has 0 atom stereocenters. The maximum atomic E-state index is 13.5. The highest BCUT2D eigenvalue weighted by molar-refractivity contribution is 7.13. The Morgan fingerprint density at radius 2 is 2.03 bits per heavy atom. The summed E-state index contributed by atoms with van der Waals surface area (Å²) in [6.45, 7) is 3.02. The third kappa shape index (κ3) is 3.44. The predicted molar refractivity (Wildman–Crippen MR) is 119 cm³/mol. The Hall–Kier alpha value is -3.25. The highest BCUT2D eigenvalue weighted by atomic mass is 32.1. The number of rotatable bonds is 4. The van der Waals surface area contributed by atoms with Gasteiger partial charge in [0.2, 0.25) is 0 Å². The summed E-state index contributed by atoms with van der Waals surface area (Å²) >= 11 is 1.49. The molecular weight excluding hydrogens is 394 g/mol. The molecule has 1 aliphatic rings. The van der Waals surface area contributed by atoms with Crippen molar-refractivity contribution < 1.29 is 4.74 Å². The molecule has 0 amide bonds. The van der Waals surface area contributed by atoms with Crippen molar-refractivity contribution in [1.82, 2.24) is 14.5 Å². The van der Waals surface area contributed by atoms with Gasteiger partial charge in [-0.15, -0.1) is 11.3 Å². The van der Waals surface area contributed by atoms with E-state index in [0.29, 0.717) is 24.5 Å². The van der Waals surface area contributed by atoms with Gasteiger partial charge in [-0.05, 0) is 43.0 Å². The minimum absolute atomic E-state index is 0.0175. The molecule has 150 valence electrons. The summed E-state index contributed by atoms with van der Waals surface area (Å²) in [5.74, 6) is 0.704. The fourth-order valence-electron chi connectivity index (χ4n) is 3.89. The first-order valence-electron chi connectivity index (χ1n) is 10.0. The fourth-order valence-corrected chi connectivity index (χ4v) is 4.70. The molecule has 30 heavy (non-hydrogen) atoms. The highest BCUT2D eigenvalue weighted by Gasteiger charge is 2.23. The van der Waals surface area contributed by atoms with Gasteiger partial charge >= 0.3 is 0 Å². The van der Waals surface area contributed by atoms with Crippen LogP contribution < -0.4 is 10.3 Å². The number of hydrogen-bond acceptors (Lipinski definition) is 5. The molecule has 1 aromatic carbocycles. The number of aromatic nitrogens is 3. The van der Waals surface area contributed by atoms with Crippen molar-refractivity contribution >= 4 is 11.3 Å². The minimum atomic E-state index is -0.0175. The van der Waals surface area contributed by atoms with Gasteiger partial charge in [0, 0.05) is 35.6 Å². The lowest BCUT2D eigenvalue weighted by atomic mass is 10.0. The van der Waals surface area contributed by atoms with Gasteiger partial charge in [0.25, 0.3) is 5.56 Å². The van der Waals surface area contributed by atoms with Gasteiger partial charge < -0.3 is 9.30 Å². The average molecular weight is 416 g/mol. The first kappa shape index (κ1) is 18.8. The van der Waals surface area contributed by atoms with Crippen LogP contribution in [0.1, 0.15) is 23.2 Å². The van der Waals surface area contributed by atoms with Crippen LogP contribution in [0.25, 0.3) is 21.8 Å². The van der Waals surface area contributed by atoms with E-state index in [0.717, 1.165) is 45.9 Å². The normalized spacial score (nSPS) is 12.7. The Balaban J connectivity index is 1.70. The Labute approximate surface area is 178 Å². The lowest BCUT2D eigenvalue weighted by Gasteiger charge is -2.18. The lowest BCUT2D eigenvalue weighted by molar-refractivity contribution is 0.304. The molecule has 0 spiro atoms. The molecule has 0 aliphatic carbocycles. The largest absolute Gasteiger partial charge is 0.487 e. The quantitative estimate of drug-likeness (QED) is 0.477. The third-order valence-corrected chi connectivity index (χ3v) is 6.32. The van der Waals surface area contributed by atoms with Crippen molar-refractivity contribution in [2.75, 3.05) is 0 Å². The zero-order valence-corrected chi connectivity index (χ0v) is 17.5. The third-order valence-electron chi connectivity index (χ3n) is 5.33. The van der Waals surface area contributed by atoms with Crippen molar-refractivity contribution in [3.63, 3.8) is 0 Å². The molecule has 4 heterocycles. The smallest absolute Gasteiger partial charge is 0.261 e. The number of pyridine rings is 2. The van der Waals surface area contributed by atoms with E-state index in [-0.39, 0.29) is 5.56 Å². The molecule has 5 nitrogen and oxygen atoms in total. The highest BCUT2D eigenvalue weighted by Crippen LogP contribution is 2.37. The summed E-state index contributed by atoms with van der Waals surface area (Å²) in [4.78, 5) is 22.3. The second kappa shape index (κ2) is 7.88. The van der Waals surface area contributed by atoms with Gasteiger partial charge in [-0.25, -0.2) is 4.98 Å². The molecular formula is C24H21N3O2S. The maximum Gasteiger partial charge on any atom is 0.261 e. The van der Waals surface area contributed by atoms with E-state index in [4.69, 9.17) is 4.74 Å². The van der Waals surface area contributed by atoms with Crippen LogP contribution in [0, 0.1) is 6.92 Å². The number of nitrogens with zero attached hydrogens (tertiary/aromatic N) is 3. The SMILES string of the molecule is Cc1csc(-c2cc(OCc3ccccc3)c3n(c2=O)CCCc2cnccc2-3)n1. The van der Waals surface area contributed by atoms with Crippen molar-refractivity contribution in [2.24, 2.45) is 0 Å². The molecule has 1 aliphatic heterocycles. The van der Waals surface area contributed by atoms with Crippen LogP contribution in [0.2, 0.25) is 0 Å². The summed E-state index contributed by atoms with van der Waals surface area (Å²) in [6, 6.07) is 13.9. The minimum Gasteiger partial charge on any atom is -0.487 e. The Morgan fingerprint density at radius 1 is 1.17 bits per heavy atom. The maximum absolute atomic E-state index is 13.5. The van der Waals surface area contributed by atoms with E-state index >= 15 is 0 Å². The van der Waals surface area contributed by atoms with Crippen LogP contribution in [0.15, 0.2) is 65.0 Å². The zero-order valence-electron chi connectivity index (χ0n) is 16.7. The van der Waals surface area contributed by atoms with Crippen LogP contribution in [0.4, 0.5) is 0 Å². The van der Waals surface area contributed by atoms with Gasteiger partial charge in [-0.1, -0.05) is 30.3 Å². The Kier molecular flexibility index (Phi) is 4.93. The second-order valence-electron chi connectivity index (χ2n) is 7.43. The van der Waals surface area contributed by atoms with Crippen LogP contribution in [0.5, 0.6) is 5.75 Å². The van der Waals surface area contributed by atoms with Crippen molar-refractivity contribution in [2.45, 2.75) is 32.9 Å². The molecule has 0 N–H and O–H groups in total. The van der Waals surface area contributed by atoms with Crippen LogP contribution >= 0.6 is 11.3 Å². The van der Waals surface area contributed by atoms with Crippen molar-refractivity contribution in [1.29, 1.82) is 0 Å². The van der Waals surface area contributed by atoms with Gasteiger partial charge in [0.15, 0.2) is 0 Å².